The summed E-state index contributed by atoms with van der Waals surface area (Å²) >= 11 is 3.36. The van der Waals surface area contributed by atoms with E-state index < -0.39 is 0 Å². The number of amides is 1. The van der Waals surface area contributed by atoms with E-state index >= 15 is 0 Å². The molecule has 6 heteroatoms. The van der Waals surface area contributed by atoms with Crippen molar-refractivity contribution in [3.8, 4) is 0 Å². The molecular formula is C14H21BrN4O. The molecule has 1 aromatic rings. The molecule has 0 spiro atoms. The molecule has 1 unspecified atom stereocenters. The third-order valence-corrected chi connectivity index (χ3v) is 4.23. The van der Waals surface area contributed by atoms with Gasteiger partial charge in [0.25, 0.3) is 5.91 Å². The summed E-state index contributed by atoms with van der Waals surface area (Å²) in [7, 11) is 4.20. The van der Waals surface area contributed by atoms with Gasteiger partial charge in [-0.25, -0.2) is 0 Å². The van der Waals surface area contributed by atoms with Crippen molar-refractivity contribution in [3.63, 3.8) is 0 Å². The Morgan fingerprint density at radius 2 is 2.20 bits per heavy atom. The first kappa shape index (κ1) is 15.3. The number of halogens is 1. The Kier molecular flexibility index (Phi) is 5.01. The number of nitrogens with zero attached hydrogens (tertiary/aromatic N) is 2. The van der Waals surface area contributed by atoms with Crippen LogP contribution in [0, 0.1) is 0 Å². The highest BCUT2D eigenvalue weighted by Crippen LogP contribution is 2.18. The maximum Gasteiger partial charge on any atom is 0.253 e. The van der Waals surface area contributed by atoms with Crippen LogP contribution in [0.25, 0.3) is 0 Å². The summed E-state index contributed by atoms with van der Waals surface area (Å²) in [6.07, 6.45) is 0. The van der Waals surface area contributed by atoms with Gasteiger partial charge in [0.15, 0.2) is 0 Å². The summed E-state index contributed by atoms with van der Waals surface area (Å²) in [5.41, 5.74) is 6.87. The van der Waals surface area contributed by atoms with Gasteiger partial charge < -0.3 is 16.0 Å². The highest BCUT2D eigenvalue weighted by Gasteiger charge is 2.22. The predicted octanol–water partition coefficient (Wildman–Crippen LogP) is 1.01. The van der Waals surface area contributed by atoms with E-state index in [2.05, 4.69) is 45.1 Å². The van der Waals surface area contributed by atoms with Crippen LogP contribution in [0.4, 0.5) is 5.69 Å². The second-order valence-corrected chi connectivity index (χ2v) is 6.25. The minimum absolute atomic E-state index is 0.120. The Hall–Kier alpha value is -1.11. The molecule has 1 atom stereocenters. The zero-order valence-corrected chi connectivity index (χ0v) is 13.5. The summed E-state index contributed by atoms with van der Waals surface area (Å²) in [5.74, 6) is -0.120. The van der Waals surface area contributed by atoms with Crippen molar-refractivity contribution in [1.82, 2.24) is 15.1 Å². The quantitative estimate of drug-likeness (QED) is 0.806. The third-order valence-electron chi connectivity index (χ3n) is 3.74. The molecule has 20 heavy (non-hydrogen) atoms. The molecule has 1 saturated heterocycles. The Morgan fingerprint density at radius 1 is 1.45 bits per heavy atom. The average Bonchev–Trinajstić information content (AvgIpc) is 2.42. The maximum atomic E-state index is 12.2. The molecule has 1 aliphatic rings. The second kappa shape index (κ2) is 6.56. The van der Waals surface area contributed by atoms with E-state index in [0.717, 1.165) is 24.1 Å². The molecule has 0 saturated carbocycles. The van der Waals surface area contributed by atoms with Crippen LogP contribution >= 0.6 is 15.9 Å². The SMILES string of the molecule is CN1CCN(C)C(CNC(=O)c2cc(Br)ccc2N)C1. The topological polar surface area (TPSA) is 61.6 Å². The molecule has 1 fully saturated rings. The lowest BCUT2D eigenvalue weighted by Crippen LogP contribution is -2.54. The highest BCUT2D eigenvalue weighted by molar-refractivity contribution is 9.10. The number of hydrogen-bond acceptors (Lipinski definition) is 4. The fourth-order valence-electron chi connectivity index (χ4n) is 2.35. The number of carbonyl (C=O) groups is 1. The smallest absolute Gasteiger partial charge is 0.253 e. The highest BCUT2D eigenvalue weighted by atomic mass is 79.9. The molecule has 1 aromatic carbocycles. The average molecular weight is 341 g/mol. The van der Waals surface area contributed by atoms with Crippen LogP contribution in [0.5, 0.6) is 0 Å². The van der Waals surface area contributed by atoms with Crippen LogP contribution < -0.4 is 11.1 Å². The van der Waals surface area contributed by atoms with Crippen LogP contribution in [-0.2, 0) is 0 Å². The molecule has 3 N–H and O–H groups in total. The van der Waals surface area contributed by atoms with Gasteiger partial charge in [-0.3, -0.25) is 9.69 Å². The van der Waals surface area contributed by atoms with Gasteiger partial charge in [-0.2, -0.15) is 0 Å². The van der Waals surface area contributed by atoms with E-state index in [4.69, 9.17) is 5.73 Å². The number of hydrogen-bond donors (Lipinski definition) is 2. The molecule has 0 bridgehead atoms. The molecule has 1 amide bonds. The van der Waals surface area contributed by atoms with Crippen molar-refractivity contribution < 1.29 is 4.79 Å². The molecule has 0 aromatic heterocycles. The number of piperazine rings is 1. The predicted molar refractivity (Wildman–Crippen MR) is 84.8 cm³/mol. The number of benzene rings is 1. The van der Waals surface area contributed by atoms with Gasteiger partial charge in [-0.1, -0.05) is 15.9 Å². The Labute approximate surface area is 128 Å². The molecule has 2 rings (SSSR count). The van der Waals surface area contributed by atoms with Crippen LogP contribution in [0.15, 0.2) is 22.7 Å². The van der Waals surface area contributed by atoms with Crippen LogP contribution in [-0.4, -0.2) is 62.0 Å². The van der Waals surface area contributed by atoms with Crippen molar-refractivity contribution in [2.75, 3.05) is 46.0 Å². The van der Waals surface area contributed by atoms with E-state index in [0.29, 0.717) is 23.8 Å². The van der Waals surface area contributed by atoms with Crippen LogP contribution in [0.1, 0.15) is 10.4 Å². The molecule has 5 nitrogen and oxygen atoms in total. The van der Waals surface area contributed by atoms with Gasteiger partial charge in [0.1, 0.15) is 0 Å². The zero-order valence-electron chi connectivity index (χ0n) is 11.9. The number of anilines is 1. The van der Waals surface area contributed by atoms with Crippen molar-refractivity contribution in [2.45, 2.75) is 6.04 Å². The van der Waals surface area contributed by atoms with Crippen molar-refractivity contribution in [1.29, 1.82) is 0 Å². The Balaban J connectivity index is 1.96. The van der Waals surface area contributed by atoms with Gasteiger partial charge in [-0.15, -0.1) is 0 Å². The van der Waals surface area contributed by atoms with Gasteiger partial charge in [-0.05, 0) is 32.3 Å². The van der Waals surface area contributed by atoms with E-state index in [-0.39, 0.29) is 5.91 Å². The number of nitrogen functional groups attached to an aromatic ring is 1. The number of carbonyl (C=O) groups excluding carboxylic acids is 1. The van der Waals surface area contributed by atoms with Crippen LogP contribution in [0.3, 0.4) is 0 Å². The molecular weight excluding hydrogens is 320 g/mol. The Morgan fingerprint density at radius 3 is 2.95 bits per heavy atom. The fourth-order valence-corrected chi connectivity index (χ4v) is 2.71. The summed E-state index contributed by atoms with van der Waals surface area (Å²) in [5, 5.41) is 2.98. The minimum atomic E-state index is -0.120. The van der Waals surface area contributed by atoms with Crippen LogP contribution in [0.2, 0.25) is 0 Å². The first-order chi connectivity index (χ1) is 9.47. The minimum Gasteiger partial charge on any atom is -0.398 e. The lowest BCUT2D eigenvalue weighted by molar-refractivity contribution is 0.0882. The number of rotatable bonds is 3. The first-order valence-electron chi connectivity index (χ1n) is 6.69. The lowest BCUT2D eigenvalue weighted by atomic mass is 10.1. The number of likely N-dealkylation sites (N-methyl/N-ethyl adjacent to an activating group) is 2. The standard InChI is InChI=1S/C14H21BrN4O/c1-18-5-6-19(2)11(9-18)8-17-14(20)12-7-10(15)3-4-13(12)16/h3-4,7,11H,5-6,8-9,16H2,1-2H3,(H,17,20). The molecule has 0 radical (unpaired) electrons. The van der Waals surface area contributed by atoms with Gasteiger partial charge >= 0.3 is 0 Å². The molecule has 1 heterocycles. The van der Waals surface area contributed by atoms with Crippen molar-refractivity contribution in [2.24, 2.45) is 0 Å². The van der Waals surface area contributed by atoms with E-state index in [1.807, 2.05) is 6.07 Å². The van der Waals surface area contributed by atoms with Crippen molar-refractivity contribution in [3.05, 3.63) is 28.2 Å². The van der Waals surface area contributed by atoms with E-state index in [9.17, 15) is 4.79 Å². The lowest BCUT2D eigenvalue weighted by Gasteiger charge is -2.37. The summed E-state index contributed by atoms with van der Waals surface area (Å²) in [6.45, 7) is 3.69. The van der Waals surface area contributed by atoms with Gasteiger partial charge in [0, 0.05) is 42.4 Å². The number of nitrogens with two attached hydrogens (primary N) is 1. The van der Waals surface area contributed by atoms with Gasteiger partial charge in [0.05, 0.1) is 5.56 Å². The number of nitrogens with one attached hydrogen (secondary N) is 1. The van der Waals surface area contributed by atoms with Gasteiger partial charge in [0.2, 0.25) is 0 Å². The summed E-state index contributed by atoms with van der Waals surface area (Å²) < 4.78 is 0.853. The second-order valence-electron chi connectivity index (χ2n) is 5.34. The normalized spacial score (nSPS) is 20.9. The van der Waals surface area contributed by atoms with E-state index in [1.54, 1.807) is 12.1 Å². The summed E-state index contributed by atoms with van der Waals surface area (Å²) in [6, 6.07) is 5.66. The fraction of sp³-hybridized carbons (Fsp3) is 0.500. The first-order valence-corrected chi connectivity index (χ1v) is 7.48. The third kappa shape index (κ3) is 3.71. The van der Waals surface area contributed by atoms with E-state index in [1.165, 1.54) is 0 Å². The molecule has 1 aliphatic heterocycles. The summed E-state index contributed by atoms with van der Waals surface area (Å²) in [4.78, 5) is 16.8. The molecule has 0 aliphatic carbocycles. The maximum absolute atomic E-state index is 12.2. The monoisotopic (exact) mass is 340 g/mol. The van der Waals surface area contributed by atoms with Crippen molar-refractivity contribution >= 4 is 27.5 Å². The zero-order chi connectivity index (χ0) is 14.7. The Bertz CT molecular complexity index is 494. The molecule has 110 valence electrons. The largest absolute Gasteiger partial charge is 0.398 e.